The summed E-state index contributed by atoms with van der Waals surface area (Å²) in [5.41, 5.74) is 9.47. The molecule has 0 spiro atoms. The summed E-state index contributed by atoms with van der Waals surface area (Å²) >= 11 is 8.47. The van der Waals surface area contributed by atoms with Crippen LogP contribution in [0.2, 0.25) is 5.02 Å². The zero-order valence-electron chi connectivity index (χ0n) is 37.0. The van der Waals surface area contributed by atoms with E-state index in [2.05, 4.69) is 86.6 Å². The number of thioether (sulfide) groups is 1. The van der Waals surface area contributed by atoms with Crippen LogP contribution in [0.3, 0.4) is 0 Å². The average molecular weight is 771 g/mol. The molecule has 1 aliphatic rings. The first-order valence-corrected chi connectivity index (χ1v) is 20.7. The van der Waals surface area contributed by atoms with E-state index in [0.717, 1.165) is 61.9 Å². The molecule has 6 heteroatoms. The third-order valence-corrected chi connectivity index (χ3v) is 16.1. The fourth-order valence-corrected chi connectivity index (χ4v) is 12.0. The van der Waals surface area contributed by atoms with Crippen molar-refractivity contribution >= 4 is 51.9 Å². The summed E-state index contributed by atoms with van der Waals surface area (Å²) in [6, 6.07) is 13.2. The number of aliphatic hydroxyl groups is 1. The van der Waals surface area contributed by atoms with Crippen molar-refractivity contribution in [2.75, 3.05) is 5.75 Å². The number of carbonyl (C=O) groups is 1. The first-order valence-electron chi connectivity index (χ1n) is 20.3. The molecule has 2 unspecified atom stereocenters. The maximum atomic E-state index is 12.4. The predicted molar refractivity (Wildman–Crippen MR) is 232 cm³/mol. The molecule has 4 nitrogen and oxygen atoms in total. The number of carboxylic acids is 1. The van der Waals surface area contributed by atoms with Crippen LogP contribution in [0.5, 0.6) is 0 Å². The molecule has 3 aromatic carbocycles. The number of halogens is 1. The highest BCUT2D eigenvalue weighted by atomic mass is 35.5. The van der Waals surface area contributed by atoms with Crippen molar-refractivity contribution in [3.8, 4) is 0 Å². The molecule has 1 aliphatic carbocycles. The Bertz CT molecular complexity index is 2240. The Morgan fingerprint density at radius 3 is 2.19 bits per heavy atom. The van der Waals surface area contributed by atoms with E-state index in [-0.39, 0.29) is 34.6 Å². The zero-order chi connectivity index (χ0) is 42.1. The molecule has 5 rings (SSSR count). The van der Waals surface area contributed by atoms with Gasteiger partial charge in [-0.3, -0.25) is 4.79 Å². The van der Waals surface area contributed by atoms with Gasteiger partial charge in [-0.05, 0) is 159 Å². The first kappa shape index (κ1) is 39.1. The monoisotopic (exact) mass is 769 g/mol. The van der Waals surface area contributed by atoms with Crippen LogP contribution in [0.1, 0.15) is 146 Å². The standard InChI is InChI=1S/C48H62ClNO3S/c1-15-46(13,53)38-19-17-16-18-36(38)31(5)25-47(14,54-27-48(26-41(51)52)44(9,10)45(48,11)12)37-21-20-28(2)42(34(37)8)29(3)22-35-23-30(4)43-33(7)32(6)39(49)24-40(43)50-35/h16-24,31,53H,15,25-27H2,1-14H3,(H,51,52)/b29-22+/t31?,46?,47-/m1/s1/i23D,24D. The van der Waals surface area contributed by atoms with Crippen LogP contribution in [0.4, 0.5) is 0 Å². The topological polar surface area (TPSA) is 70.4 Å². The van der Waals surface area contributed by atoms with Gasteiger partial charge in [0.25, 0.3) is 0 Å². The first-order chi connectivity index (χ1) is 25.8. The number of pyridine rings is 1. The SMILES string of the molecule is [2H]c1c(/C=C(\C)c2c(C)ccc([C@@](C)(CC(C)c3ccccc3C(C)(O)CC)SCC3(CC(=O)O)C(C)(C)C3(C)C)c2C)nc2c([2H])c(Cl)c(C)c(C)c2c1C. The van der Waals surface area contributed by atoms with E-state index in [0.29, 0.717) is 34.4 Å². The number of fused-ring (bicyclic) bond motifs is 1. The maximum Gasteiger partial charge on any atom is 0.303 e. The highest BCUT2D eigenvalue weighted by Crippen LogP contribution is 2.80. The quantitative estimate of drug-likeness (QED) is 0.142. The Morgan fingerprint density at radius 2 is 1.59 bits per heavy atom. The largest absolute Gasteiger partial charge is 0.481 e. The molecule has 0 aliphatic heterocycles. The van der Waals surface area contributed by atoms with Gasteiger partial charge in [-0.15, -0.1) is 11.8 Å². The van der Waals surface area contributed by atoms with Crippen LogP contribution in [0, 0.1) is 50.9 Å². The molecule has 1 saturated carbocycles. The summed E-state index contributed by atoms with van der Waals surface area (Å²) in [5, 5.41) is 22.9. The van der Waals surface area contributed by atoms with Gasteiger partial charge in [-0.25, -0.2) is 4.98 Å². The molecule has 4 aromatic rings. The molecule has 3 atom stereocenters. The number of rotatable bonds is 13. The van der Waals surface area contributed by atoms with Gasteiger partial charge in [0.2, 0.25) is 0 Å². The highest BCUT2D eigenvalue weighted by molar-refractivity contribution is 8.00. The van der Waals surface area contributed by atoms with Crippen molar-refractivity contribution < 1.29 is 17.7 Å². The second-order valence-electron chi connectivity index (χ2n) is 17.7. The molecule has 1 heterocycles. The molecule has 290 valence electrons. The third-order valence-electron chi connectivity index (χ3n) is 14.1. The van der Waals surface area contributed by atoms with E-state index in [1.807, 2.05) is 64.6 Å². The summed E-state index contributed by atoms with van der Waals surface area (Å²) in [4.78, 5) is 17.3. The summed E-state index contributed by atoms with van der Waals surface area (Å²) < 4.78 is 17.6. The lowest BCUT2D eigenvalue weighted by atomic mass is 9.78. The molecule has 2 N–H and O–H groups in total. The molecule has 0 radical (unpaired) electrons. The minimum atomic E-state index is -0.966. The van der Waals surface area contributed by atoms with E-state index in [9.17, 15) is 16.4 Å². The van der Waals surface area contributed by atoms with Crippen molar-refractivity contribution in [2.45, 2.75) is 132 Å². The van der Waals surface area contributed by atoms with Crippen molar-refractivity contribution in [3.63, 3.8) is 0 Å². The van der Waals surface area contributed by atoms with Gasteiger partial charge in [-0.2, -0.15) is 0 Å². The molecular weight excluding hydrogens is 706 g/mol. The summed E-state index contributed by atoms with van der Waals surface area (Å²) in [6.45, 7) is 29.5. The smallest absolute Gasteiger partial charge is 0.303 e. The fourth-order valence-electron chi connectivity index (χ4n) is 9.60. The second kappa shape index (κ2) is 14.8. The Balaban J connectivity index is 1.68. The van der Waals surface area contributed by atoms with E-state index in [4.69, 9.17) is 18.0 Å². The van der Waals surface area contributed by atoms with E-state index >= 15 is 0 Å². The maximum absolute atomic E-state index is 12.4. The number of carboxylic acid groups (broad SMARTS) is 1. The Kier molecular flexibility index (Phi) is 10.7. The van der Waals surface area contributed by atoms with Gasteiger partial charge in [0, 0.05) is 26.3 Å². The van der Waals surface area contributed by atoms with Gasteiger partial charge in [0.05, 0.1) is 26.0 Å². The number of hydrogen-bond acceptors (Lipinski definition) is 4. The third kappa shape index (κ3) is 7.07. The summed E-state index contributed by atoms with van der Waals surface area (Å²) in [7, 11) is 0. The van der Waals surface area contributed by atoms with Crippen LogP contribution in [0.15, 0.2) is 48.5 Å². The van der Waals surface area contributed by atoms with Crippen LogP contribution in [0.25, 0.3) is 22.6 Å². The Labute approximate surface area is 337 Å². The van der Waals surface area contributed by atoms with E-state index in [1.54, 1.807) is 0 Å². The fraction of sp³-hybridized carbons (Fsp3) is 0.500. The number of aliphatic carboxylic acids is 1. The van der Waals surface area contributed by atoms with E-state index in [1.165, 1.54) is 5.56 Å². The Hall–Kier alpha value is -3.12. The molecule has 0 saturated heterocycles. The minimum Gasteiger partial charge on any atom is -0.481 e. The predicted octanol–water partition coefficient (Wildman–Crippen LogP) is 13.3. The Morgan fingerprint density at radius 1 is 0.963 bits per heavy atom. The van der Waals surface area contributed by atoms with Crippen molar-refractivity contribution in [1.29, 1.82) is 0 Å². The molecule has 1 fully saturated rings. The van der Waals surface area contributed by atoms with Crippen LogP contribution in [-0.4, -0.2) is 26.9 Å². The lowest BCUT2D eigenvalue weighted by Gasteiger charge is -2.38. The summed E-state index contributed by atoms with van der Waals surface area (Å²) in [5.74, 6) is 0.000994. The van der Waals surface area contributed by atoms with Crippen LogP contribution < -0.4 is 0 Å². The number of aromatic nitrogens is 1. The van der Waals surface area contributed by atoms with Crippen molar-refractivity contribution in [2.24, 2.45) is 16.2 Å². The summed E-state index contributed by atoms with van der Waals surface area (Å²) in [6.07, 6.45) is 3.45. The van der Waals surface area contributed by atoms with Crippen LogP contribution >= 0.6 is 23.4 Å². The van der Waals surface area contributed by atoms with Gasteiger partial charge >= 0.3 is 5.97 Å². The zero-order valence-corrected chi connectivity index (χ0v) is 36.6. The normalized spacial score (nSPS) is 19.4. The molecule has 54 heavy (non-hydrogen) atoms. The van der Waals surface area contributed by atoms with Gasteiger partial charge in [0.15, 0.2) is 0 Å². The number of aryl methyl sites for hydroxylation is 3. The highest BCUT2D eigenvalue weighted by Gasteiger charge is 2.76. The van der Waals surface area contributed by atoms with Gasteiger partial charge < -0.3 is 10.2 Å². The number of benzene rings is 3. The van der Waals surface area contributed by atoms with Gasteiger partial charge in [0.1, 0.15) is 0 Å². The number of allylic oxidation sites excluding steroid dienone is 1. The minimum absolute atomic E-state index is 0.0757. The van der Waals surface area contributed by atoms with Crippen molar-refractivity contribution in [1.82, 2.24) is 4.98 Å². The van der Waals surface area contributed by atoms with Crippen molar-refractivity contribution in [3.05, 3.63) is 109 Å². The second-order valence-corrected chi connectivity index (χ2v) is 19.5. The van der Waals surface area contributed by atoms with E-state index < -0.39 is 16.3 Å². The molecule has 0 bridgehead atoms. The van der Waals surface area contributed by atoms with Gasteiger partial charge in [-0.1, -0.05) is 89.5 Å². The molecule has 1 aromatic heterocycles. The molecular formula is C48H62ClNO3S. The lowest BCUT2D eigenvalue weighted by Crippen LogP contribution is -2.28. The number of hydrogen-bond donors (Lipinski definition) is 2. The molecule has 0 amide bonds. The van der Waals surface area contributed by atoms with Crippen LogP contribution in [-0.2, 0) is 15.1 Å². The average Bonchev–Trinajstić information content (AvgIpc) is 3.46. The number of nitrogens with zero attached hydrogens (tertiary/aromatic N) is 1. The lowest BCUT2D eigenvalue weighted by molar-refractivity contribution is -0.138.